The van der Waals surface area contributed by atoms with Crippen LogP contribution in [0.15, 0.2) is 17.2 Å². The molecule has 0 amide bonds. The number of rotatable bonds is 1. The minimum atomic E-state index is -4.73. The predicted molar refractivity (Wildman–Crippen MR) is 38.3 cm³/mol. The Hall–Kier alpha value is -0.490. The van der Waals surface area contributed by atoms with E-state index in [0.29, 0.717) is 0 Å². The van der Waals surface area contributed by atoms with Crippen molar-refractivity contribution in [2.45, 2.75) is 10.4 Å². The van der Waals surface area contributed by atoms with Crippen molar-refractivity contribution in [1.29, 1.82) is 0 Å². The van der Waals surface area contributed by atoms with Gasteiger partial charge in [0.1, 0.15) is 5.15 Å². The summed E-state index contributed by atoms with van der Waals surface area (Å²) in [7, 11) is -3.00. The van der Waals surface area contributed by atoms with E-state index in [9.17, 15) is 17.4 Å². The maximum atomic E-state index is 11.8. The highest BCUT2D eigenvalue weighted by atomic mass is 35.5. The Morgan fingerprint density at radius 2 is 2.08 bits per heavy atom. The quantitative estimate of drug-likeness (QED) is 0.769. The van der Waals surface area contributed by atoms with Crippen molar-refractivity contribution >= 4 is 22.4 Å². The summed E-state index contributed by atoms with van der Waals surface area (Å²) in [6.07, 6.45) is 0.964. The number of halogens is 4. The Balaban J connectivity index is 2.93. The van der Waals surface area contributed by atoms with Gasteiger partial charge in [-0.3, -0.25) is 0 Å². The number of hydrogen-bond donors (Lipinski definition) is 1. The first-order valence-corrected chi connectivity index (χ1v) is 4.26. The molecule has 1 heterocycles. The van der Waals surface area contributed by atoms with Crippen LogP contribution in [0.2, 0.25) is 5.15 Å². The van der Waals surface area contributed by atoms with Crippen LogP contribution in [0.4, 0.5) is 13.2 Å². The molecule has 0 bridgehead atoms. The number of H-pyrrole nitrogens is 1. The summed E-state index contributed by atoms with van der Waals surface area (Å²) in [4.78, 5) is 1.93. The van der Waals surface area contributed by atoms with Crippen molar-refractivity contribution in [2.75, 3.05) is 0 Å². The zero-order valence-corrected chi connectivity index (χ0v) is 7.06. The third-order valence-electron chi connectivity index (χ3n) is 1.05. The molecule has 7 heteroatoms. The maximum Gasteiger partial charge on any atom is 0.475 e. The highest BCUT2D eigenvalue weighted by Crippen LogP contribution is 2.27. The first-order valence-electron chi connectivity index (χ1n) is 2.74. The van der Waals surface area contributed by atoms with E-state index in [4.69, 9.17) is 11.6 Å². The zero-order chi connectivity index (χ0) is 9.35. The molecule has 0 aliphatic carbocycles. The van der Waals surface area contributed by atoms with Crippen LogP contribution in [0.25, 0.3) is 0 Å². The Morgan fingerprint density at radius 1 is 1.50 bits per heavy atom. The molecule has 0 saturated carbocycles. The number of alkyl halides is 3. The van der Waals surface area contributed by atoms with Crippen LogP contribution in [0.1, 0.15) is 0 Å². The Labute approximate surface area is 73.2 Å². The average molecular weight is 218 g/mol. The van der Waals surface area contributed by atoms with Crippen molar-refractivity contribution in [3.05, 3.63) is 17.4 Å². The second-order valence-electron chi connectivity index (χ2n) is 1.90. The van der Waals surface area contributed by atoms with Gasteiger partial charge in [0.2, 0.25) is 0 Å². The standard InChI is InChI=1S/C5H3ClF3NOS/c6-4-1-3(2-10-4)12(11)5(7,8)9/h1-2,10H. The molecule has 1 atom stereocenters. The third kappa shape index (κ3) is 2.01. The normalized spacial score (nSPS) is 14.7. The molecule has 0 saturated heterocycles. The first-order chi connectivity index (χ1) is 5.41. The average Bonchev–Trinajstić information content (AvgIpc) is 2.32. The monoisotopic (exact) mass is 217 g/mol. The molecular weight excluding hydrogens is 215 g/mol. The summed E-state index contributed by atoms with van der Waals surface area (Å²) in [6, 6.07) is 0.977. The largest absolute Gasteiger partial charge is 0.475 e. The fourth-order valence-electron chi connectivity index (χ4n) is 0.589. The molecule has 2 nitrogen and oxygen atoms in total. The van der Waals surface area contributed by atoms with Gasteiger partial charge in [-0.05, 0) is 6.07 Å². The molecule has 1 aromatic heterocycles. The summed E-state index contributed by atoms with van der Waals surface area (Å²) in [5.41, 5.74) is -4.73. The molecule has 1 aromatic rings. The fourth-order valence-corrected chi connectivity index (χ4v) is 1.48. The van der Waals surface area contributed by atoms with Gasteiger partial charge in [0.15, 0.2) is 10.8 Å². The van der Waals surface area contributed by atoms with Crippen molar-refractivity contribution in [3.63, 3.8) is 0 Å². The Kier molecular flexibility index (Phi) is 2.48. The van der Waals surface area contributed by atoms with E-state index < -0.39 is 16.3 Å². The number of aromatic nitrogens is 1. The number of hydrogen-bond acceptors (Lipinski definition) is 1. The van der Waals surface area contributed by atoms with Gasteiger partial charge < -0.3 is 4.98 Å². The second kappa shape index (κ2) is 3.10. The lowest BCUT2D eigenvalue weighted by Gasteiger charge is -2.02. The van der Waals surface area contributed by atoms with Gasteiger partial charge in [0.05, 0.1) is 4.90 Å². The molecule has 1 rings (SSSR count). The highest BCUT2D eigenvalue weighted by molar-refractivity contribution is 7.86. The maximum absolute atomic E-state index is 11.8. The molecule has 0 spiro atoms. The minimum Gasteiger partial charge on any atom is -0.351 e. The molecule has 1 unspecified atom stereocenters. The van der Waals surface area contributed by atoms with Gasteiger partial charge in [0.25, 0.3) is 0 Å². The van der Waals surface area contributed by atoms with Crippen LogP contribution in [0.5, 0.6) is 0 Å². The molecule has 0 radical (unpaired) electrons. The summed E-state index contributed by atoms with van der Waals surface area (Å²) in [5.74, 6) is 0. The van der Waals surface area contributed by atoms with Gasteiger partial charge in [-0.2, -0.15) is 13.2 Å². The van der Waals surface area contributed by atoms with E-state index in [1.54, 1.807) is 0 Å². The lowest BCUT2D eigenvalue weighted by Crippen LogP contribution is -2.15. The smallest absolute Gasteiger partial charge is 0.351 e. The molecule has 0 fully saturated rings. The van der Waals surface area contributed by atoms with Crippen molar-refractivity contribution < 1.29 is 17.4 Å². The van der Waals surface area contributed by atoms with Gasteiger partial charge in [-0.25, -0.2) is 4.21 Å². The van der Waals surface area contributed by atoms with E-state index in [1.807, 2.05) is 0 Å². The van der Waals surface area contributed by atoms with Crippen molar-refractivity contribution in [2.24, 2.45) is 0 Å². The van der Waals surface area contributed by atoms with Crippen LogP contribution in [0, 0.1) is 0 Å². The highest BCUT2D eigenvalue weighted by Gasteiger charge is 2.38. The topological polar surface area (TPSA) is 32.9 Å². The van der Waals surface area contributed by atoms with Crippen LogP contribution >= 0.6 is 11.6 Å². The van der Waals surface area contributed by atoms with Crippen molar-refractivity contribution in [3.8, 4) is 0 Å². The zero-order valence-electron chi connectivity index (χ0n) is 5.48. The predicted octanol–water partition coefficient (Wildman–Crippen LogP) is 2.30. The van der Waals surface area contributed by atoms with Crippen molar-refractivity contribution in [1.82, 2.24) is 4.98 Å². The minimum absolute atomic E-state index is 0.0302. The van der Waals surface area contributed by atoms with Gasteiger partial charge >= 0.3 is 5.51 Å². The molecule has 1 N–H and O–H groups in total. The van der Waals surface area contributed by atoms with Gasteiger partial charge in [-0.1, -0.05) is 11.6 Å². The summed E-state index contributed by atoms with van der Waals surface area (Å²) < 4.78 is 45.9. The SMILES string of the molecule is O=S(c1c[nH]c(Cl)c1)C(F)(F)F. The Bertz CT molecular complexity index is 308. The molecule has 68 valence electrons. The Morgan fingerprint density at radius 3 is 2.42 bits per heavy atom. The third-order valence-corrected chi connectivity index (χ3v) is 2.35. The molecular formula is C5H3ClF3NOS. The van der Waals surface area contributed by atoms with E-state index in [2.05, 4.69) is 4.98 Å². The second-order valence-corrected chi connectivity index (χ2v) is 3.78. The fraction of sp³-hybridized carbons (Fsp3) is 0.200. The molecule has 0 aliphatic heterocycles. The lowest BCUT2D eigenvalue weighted by atomic mass is 10.7. The molecule has 12 heavy (non-hydrogen) atoms. The van der Waals surface area contributed by atoms with Crippen LogP contribution in [-0.2, 0) is 10.8 Å². The molecule has 0 aromatic carbocycles. The van der Waals surface area contributed by atoms with E-state index in [0.717, 1.165) is 12.3 Å². The van der Waals surface area contributed by atoms with E-state index in [-0.39, 0.29) is 10.0 Å². The van der Waals surface area contributed by atoms with Crippen LogP contribution < -0.4 is 0 Å². The number of nitrogens with one attached hydrogen (secondary N) is 1. The van der Waals surface area contributed by atoms with E-state index >= 15 is 0 Å². The van der Waals surface area contributed by atoms with Gasteiger partial charge in [-0.15, -0.1) is 0 Å². The first kappa shape index (κ1) is 9.60. The van der Waals surface area contributed by atoms with Crippen LogP contribution in [-0.4, -0.2) is 14.7 Å². The summed E-state index contributed by atoms with van der Waals surface area (Å²) in [6.45, 7) is 0. The summed E-state index contributed by atoms with van der Waals surface area (Å²) in [5, 5.41) is 0.0302. The molecule has 0 aliphatic rings. The number of aromatic amines is 1. The van der Waals surface area contributed by atoms with Crippen LogP contribution in [0.3, 0.4) is 0 Å². The lowest BCUT2D eigenvalue weighted by molar-refractivity contribution is -0.0384. The van der Waals surface area contributed by atoms with E-state index in [1.165, 1.54) is 0 Å². The summed E-state index contributed by atoms with van der Waals surface area (Å²) >= 11 is 5.30. The van der Waals surface area contributed by atoms with Gasteiger partial charge in [0, 0.05) is 6.20 Å².